The Morgan fingerprint density at radius 2 is 2.06 bits per heavy atom. The van der Waals surface area contributed by atoms with E-state index in [1.807, 2.05) is 20.8 Å². The van der Waals surface area contributed by atoms with Crippen LogP contribution in [0.25, 0.3) is 0 Å². The van der Waals surface area contributed by atoms with Gasteiger partial charge in [-0.05, 0) is 32.9 Å². The third-order valence-corrected chi connectivity index (χ3v) is 1.93. The third-order valence-electron chi connectivity index (χ3n) is 1.93. The molecule has 0 saturated heterocycles. The molecule has 0 atom stereocenters. The van der Waals surface area contributed by atoms with Gasteiger partial charge in [0.15, 0.2) is 5.69 Å². The van der Waals surface area contributed by atoms with Gasteiger partial charge in [-0.25, -0.2) is 4.98 Å². The molecule has 6 heteroatoms. The molecule has 1 aromatic heterocycles. The molecule has 0 unspecified atom stereocenters. The summed E-state index contributed by atoms with van der Waals surface area (Å²) >= 11 is 0. The maximum absolute atomic E-state index is 11.6. The lowest BCUT2D eigenvalue weighted by Gasteiger charge is -2.20. The molecule has 0 aliphatic carbocycles. The van der Waals surface area contributed by atoms with Crippen molar-refractivity contribution < 1.29 is 14.7 Å². The summed E-state index contributed by atoms with van der Waals surface area (Å²) in [5.41, 5.74) is -0.448. The van der Waals surface area contributed by atoms with E-state index in [1.54, 1.807) is 0 Å². The largest absolute Gasteiger partial charge is 0.505 e. The highest BCUT2D eigenvalue weighted by Crippen LogP contribution is 2.11. The molecule has 0 saturated carbocycles. The standard InChI is InChI=1S/C12H17N3O3/c1-12(2,3)15-9(17)7-14-11(18)10-8(16)5-4-6-13-10/h4-6,16H,7H2,1-3H3,(H,14,18)(H,15,17). The van der Waals surface area contributed by atoms with Gasteiger partial charge in [-0.1, -0.05) is 0 Å². The smallest absolute Gasteiger partial charge is 0.274 e. The van der Waals surface area contributed by atoms with Gasteiger partial charge in [-0.2, -0.15) is 0 Å². The van der Waals surface area contributed by atoms with Gasteiger partial charge < -0.3 is 15.7 Å². The summed E-state index contributed by atoms with van der Waals surface area (Å²) in [5.74, 6) is -1.10. The maximum Gasteiger partial charge on any atom is 0.274 e. The summed E-state index contributed by atoms with van der Waals surface area (Å²) in [6.45, 7) is 5.37. The predicted octanol–water partition coefficient (Wildman–Crippen LogP) is 0.432. The third kappa shape index (κ3) is 4.40. The lowest BCUT2D eigenvalue weighted by atomic mass is 10.1. The van der Waals surface area contributed by atoms with Crippen molar-refractivity contribution in [3.05, 3.63) is 24.0 Å². The molecule has 0 aliphatic rings. The summed E-state index contributed by atoms with van der Waals surface area (Å²) < 4.78 is 0. The fourth-order valence-corrected chi connectivity index (χ4v) is 1.28. The molecular weight excluding hydrogens is 234 g/mol. The number of aromatic nitrogens is 1. The minimum absolute atomic E-state index is 0.0962. The number of carbonyl (C=O) groups excluding carboxylic acids is 2. The van der Waals surface area contributed by atoms with E-state index in [4.69, 9.17) is 0 Å². The quantitative estimate of drug-likeness (QED) is 0.726. The predicted molar refractivity (Wildman–Crippen MR) is 66.1 cm³/mol. The highest BCUT2D eigenvalue weighted by Gasteiger charge is 2.16. The highest BCUT2D eigenvalue weighted by molar-refractivity contribution is 5.96. The van der Waals surface area contributed by atoms with E-state index in [-0.39, 0.29) is 29.4 Å². The van der Waals surface area contributed by atoms with Crippen molar-refractivity contribution in [1.29, 1.82) is 0 Å². The number of carbonyl (C=O) groups is 2. The van der Waals surface area contributed by atoms with Crippen molar-refractivity contribution in [2.24, 2.45) is 0 Å². The first-order valence-electron chi connectivity index (χ1n) is 5.53. The minimum Gasteiger partial charge on any atom is -0.505 e. The van der Waals surface area contributed by atoms with Gasteiger partial charge in [-0.15, -0.1) is 0 Å². The Bertz CT molecular complexity index is 452. The van der Waals surface area contributed by atoms with Crippen molar-refractivity contribution in [2.45, 2.75) is 26.3 Å². The highest BCUT2D eigenvalue weighted by atomic mass is 16.3. The van der Waals surface area contributed by atoms with E-state index in [0.29, 0.717) is 0 Å². The van der Waals surface area contributed by atoms with Crippen LogP contribution in [0, 0.1) is 0 Å². The van der Waals surface area contributed by atoms with Crippen LogP contribution in [-0.2, 0) is 4.79 Å². The molecule has 18 heavy (non-hydrogen) atoms. The zero-order chi connectivity index (χ0) is 13.8. The zero-order valence-corrected chi connectivity index (χ0v) is 10.7. The van der Waals surface area contributed by atoms with Gasteiger partial charge in [0.1, 0.15) is 5.75 Å². The molecule has 0 spiro atoms. The van der Waals surface area contributed by atoms with E-state index in [0.717, 1.165) is 0 Å². The zero-order valence-electron chi connectivity index (χ0n) is 10.7. The molecule has 1 heterocycles. The number of rotatable bonds is 3. The van der Waals surface area contributed by atoms with Crippen molar-refractivity contribution in [2.75, 3.05) is 6.54 Å². The van der Waals surface area contributed by atoms with Gasteiger partial charge in [0, 0.05) is 11.7 Å². The first-order chi connectivity index (χ1) is 8.29. The molecule has 0 bridgehead atoms. The van der Waals surface area contributed by atoms with Crippen molar-refractivity contribution in [3.8, 4) is 5.75 Å². The van der Waals surface area contributed by atoms with E-state index >= 15 is 0 Å². The van der Waals surface area contributed by atoms with Crippen LogP contribution < -0.4 is 10.6 Å². The number of nitrogens with one attached hydrogen (secondary N) is 2. The van der Waals surface area contributed by atoms with E-state index < -0.39 is 5.91 Å². The summed E-state index contributed by atoms with van der Waals surface area (Å²) in [5, 5.41) is 14.5. The molecule has 98 valence electrons. The Labute approximate surface area is 105 Å². The monoisotopic (exact) mass is 251 g/mol. The Morgan fingerprint density at radius 1 is 1.39 bits per heavy atom. The van der Waals surface area contributed by atoms with Gasteiger partial charge in [0.2, 0.25) is 5.91 Å². The van der Waals surface area contributed by atoms with Crippen LogP contribution in [-0.4, -0.2) is 34.0 Å². The van der Waals surface area contributed by atoms with Crippen LogP contribution in [0.3, 0.4) is 0 Å². The van der Waals surface area contributed by atoms with Crippen molar-refractivity contribution >= 4 is 11.8 Å². The second-order valence-corrected chi connectivity index (χ2v) is 4.85. The molecule has 2 amide bonds. The first-order valence-corrected chi connectivity index (χ1v) is 5.53. The van der Waals surface area contributed by atoms with Crippen LogP contribution in [0.15, 0.2) is 18.3 Å². The summed E-state index contributed by atoms with van der Waals surface area (Å²) in [7, 11) is 0. The summed E-state index contributed by atoms with van der Waals surface area (Å²) in [6, 6.07) is 2.87. The molecule has 0 radical (unpaired) electrons. The molecule has 0 aromatic carbocycles. The fraction of sp³-hybridized carbons (Fsp3) is 0.417. The molecule has 1 rings (SSSR count). The molecule has 0 fully saturated rings. The van der Waals surface area contributed by atoms with Gasteiger partial charge in [-0.3, -0.25) is 9.59 Å². The van der Waals surface area contributed by atoms with E-state index in [2.05, 4.69) is 15.6 Å². The Morgan fingerprint density at radius 3 is 2.61 bits per heavy atom. The SMILES string of the molecule is CC(C)(C)NC(=O)CNC(=O)c1ncccc1O. The molecule has 0 aliphatic heterocycles. The minimum atomic E-state index is -0.586. The van der Waals surface area contributed by atoms with E-state index in [1.165, 1.54) is 18.3 Å². The van der Waals surface area contributed by atoms with Crippen LogP contribution in [0.2, 0.25) is 0 Å². The second kappa shape index (κ2) is 5.48. The lowest BCUT2D eigenvalue weighted by Crippen LogP contribution is -2.45. The number of aromatic hydroxyl groups is 1. The number of hydrogen-bond acceptors (Lipinski definition) is 4. The lowest BCUT2D eigenvalue weighted by molar-refractivity contribution is -0.121. The Hall–Kier alpha value is -2.11. The van der Waals surface area contributed by atoms with E-state index in [9.17, 15) is 14.7 Å². The number of amides is 2. The maximum atomic E-state index is 11.6. The summed E-state index contributed by atoms with van der Waals surface area (Å²) in [6.07, 6.45) is 1.39. The average molecular weight is 251 g/mol. The molecule has 6 nitrogen and oxygen atoms in total. The second-order valence-electron chi connectivity index (χ2n) is 4.85. The topological polar surface area (TPSA) is 91.3 Å². The molecular formula is C12H17N3O3. The van der Waals surface area contributed by atoms with Crippen LogP contribution >= 0.6 is 0 Å². The summed E-state index contributed by atoms with van der Waals surface area (Å²) in [4.78, 5) is 26.8. The first kappa shape index (κ1) is 14.0. The van der Waals surface area contributed by atoms with Gasteiger partial charge >= 0.3 is 0 Å². The number of hydrogen-bond donors (Lipinski definition) is 3. The van der Waals surface area contributed by atoms with Crippen LogP contribution in [0.5, 0.6) is 5.75 Å². The van der Waals surface area contributed by atoms with Gasteiger partial charge in [0.25, 0.3) is 5.91 Å². The normalized spacial score (nSPS) is 10.8. The van der Waals surface area contributed by atoms with Crippen molar-refractivity contribution in [3.63, 3.8) is 0 Å². The molecule has 3 N–H and O–H groups in total. The fourth-order valence-electron chi connectivity index (χ4n) is 1.28. The van der Waals surface area contributed by atoms with Crippen molar-refractivity contribution in [1.82, 2.24) is 15.6 Å². The Kier molecular flexibility index (Phi) is 4.25. The van der Waals surface area contributed by atoms with Crippen LogP contribution in [0.4, 0.5) is 0 Å². The molecule has 1 aromatic rings. The number of pyridine rings is 1. The average Bonchev–Trinajstić information content (AvgIpc) is 2.24. The number of nitrogens with zero attached hydrogens (tertiary/aromatic N) is 1. The van der Waals surface area contributed by atoms with Gasteiger partial charge in [0.05, 0.1) is 6.54 Å². The van der Waals surface area contributed by atoms with Crippen LogP contribution in [0.1, 0.15) is 31.3 Å². The Balaban J connectivity index is 2.52.